The average Bonchev–Trinajstić information content (AvgIpc) is 2.40. The molecule has 0 saturated carbocycles. The van der Waals surface area contributed by atoms with Gasteiger partial charge < -0.3 is 10.6 Å². The average molecular weight is 429 g/mol. The maximum atomic E-state index is 12.1. The predicted octanol–water partition coefficient (Wildman–Crippen LogP) is 3.49. The van der Waals surface area contributed by atoms with Crippen LogP contribution in [-0.4, -0.2) is 25.5 Å². The number of halogens is 3. The van der Waals surface area contributed by atoms with Crippen LogP contribution < -0.4 is 10.6 Å². The molecule has 0 spiro atoms. The molecule has 20 heavy (non-hydrogen) atoms. The van der Waals surface area contributed by atoms with E-state index in [1.165, 1.54) is 0 Å². The van der Waals surface area contributed by atoms with Gasteiger partial charge in [-0.05, 0) is 72.1 Å². The Morgan fingerprint density at radius 3 is 2.70 bits per heavy atom. The van der Waals surface area contributed by atoms with Crippen molar-refractivity contribution in [2.45, 2.75) is 19.8 Å². The molecule has 0 bridgehead atoms. The van der Waals surface area contributed by atoms with Crippen LogP contribution in [0.3, 0.4) is 0 Å². The lowest BCUT2D eigenvalue weighted by Crippen LogP contribution is -2.42. The van der Waals surface area contributed by atoms with Crippen LogP contribution in [0.4, 0.5) is 0 Å². The summed E-state index contributed by atoms with van der Waals surface area (Å²) in [7, 11) is 0. The van der Waals surface area contributed by atoms with Gasteiger partial charge in [-0.25, -0.2) is 0 Å². The highest BCUT2D eigenvalue weighted by atomic mass is 127. The van der Waals surface area contributed by atoms with Gasteiger partial charge in [0.2, 0.25) is 0 Å². The Morgan fingerprint density at radius 1 is 1.45 bits per heavy atom. The molecule has 1 aliphatic rings. The van der Waals surface area contributed by atoms with Gasteiger partial charge in [0.1, 0.15) is 0 Å². The van der Waals surface area contributed by atoms with E-state index in [1.54, 1.807) is 6.07 Å². The summed E-state index contributed by atoms with van der Waals surface area (Å²) in [6, 6.07) is 5.40. The number of amides is 1. The summed E-state index contributed by atoms with van der Waals surface area (Å²) in [6.07, 6.45) is 2.20. The molecule has 1 aromatic carbocycles. The van der Waals surface area contributed by atoms with Crippen LogP contribution in [-0.2, 0) is 0 Å². The number of nitrogens with one attached hydrogen (secondary N) is 2. The zero-order valence-corrected chi connectivity index (χ0v) is 15.1. The number of benzene rings is 1. The fraction of sp³-hybridized carbons (Fsp3) is 0.500. The first-order valence-electron chi connectivity index (χ1n) is 6.44. The smallest absolute Gasteiger partial charge is 0.251 e. The molecule has 1 aromatic rings. The molecule has 112 valence electrons. The minimum atomic E-state index is -0.0435. The molecule has 1 fully saturated rings. The molecular formula is C14H19Cl2IN2O. The summed E-state index contributed by atoms with van der Waals surface area (Å²) >= 11 is 8.19. The quantitative estimate of drug-likeness (QED) is 0.723. The molecule has 1 amide bonds. The lowest BCUT2D eigenvalue weighted by molar-refractivity contribution is 0.0922. The van der Waals surface area contributed by atoms with Gasteiger partial charge in [-0.15, -0.1) is 12.4 Å². The number of hydrogen-bond acceptors (Lipinski definition) is 2. The third-order valence-electron chi connectivity index (χ3n) is 3.67. The predicted molar refractivity (Wildman–Crippen MR) is 94.0 cm³/mol. The third-order valence-corrected chi connectivity index (χ3v) is 5.24. The van der Waals surface area contributed by atoms with E-state index in [0.717, 1.165) is 36.0 Å². The van der Waals surface area contributed by atoms with Crippen molar-refractivity contribution in [1.29, 1.82) is 0 Å². The Kier molecular flexibility index (Phi) is 7.04. The van der Waals surface area contributed by atoms with Crippen molar-refractivity contribution in [2.24, 2.45) is 5.41 Å². The third kappa shape index (κ3) is 4.76. The molecule has 1 aliphatic heterocycles. The van der Waals surface area contributed by atoms with Crippen molar-refractivity contribution in [2.75, 3.05) is 19.6 Å². The molecule has 0 unspecified atom stereocenters. The molecule has 1 saturated heterocycles. The minimum Gasteiger partial charge on any atom is -0.351 e. The largest absolute Gasteiger partial charge is 0.351 e. The zero-order chi connectivity index (χ0) is 13.9. The Balaban J connectivity index is 0.00000200. The van der Waals surface area contributed by atoms with E-state index >= 15 is 0 Å². The molecule has 0 aliphatic carbocycles. The van der Waals surface area contributed by atoms with Crippen LogP contribution in [0.25, 0.3) is 0 Å². The first kappa shape index (κ1) is 18.0. The maximum absolute atomic E-state index is 12.1. The number of carbonyl (C=O) groups is 1. The topological polar surface area (TPSA) is 41.1 Å². The highest BCUT2D eigenvalue weighted by molar-refractivity contribution is 14.1. The molecule has 0 atom stereocenters. The van der Waals surface area contributed by atoms with Gasteiger partial charge in [-0.2, -0.15) is 0 Å². The molecular weight excluding hydrogens is 410 g/mol. The molecule has 6 heteroatoms. The molecule has 2 N–H and O–H groups in total. The SMILES string of the molecule is CC1(CNC(=O)c2ccc(I)c(Cl)c2)CCNCC1.Cl. The zero-order valence-electron chi connectivity index (χ0n) is 11.3. The van der Waals surface area contributed by atoms with E-state index in [0.29, 0.717) is 10.6 Å². The lowest BCUT2D eigenvalue weighted by atomic mass is 9.81. The number of piperidine rings is 1. The highest BCUT2D eigenvalue weighted by Gasteiger charge is 2.27. The van der Waals surface area contributed by atoms with Crippen LogP contribution in [0.15, 0.2) is 18.2 Å². The van der Waals surface area contributed by atoms with Gasteiger partial charge in [0.25, 0.3) is 5.91 Å². The van der Waals surface area contributed by atoms with E-state index in [-0.39, 0.29) is 23.7 Å². The maximum Gasteiger partial charge on any atom is 0.251 e. The van der Waals surface area contributed by atoms with Crippen LogP contribution in [0, 0.1) is 8.99 Å². The molecule has 3 nitrogen and oxygen atoms in total. The van der Waals surface area contributed by atoms with Crippen molar-refractivity contribution in [3.8, 4) is 0 Å². The summed E-state index contributed by atoms with van der Waals surface area (Å²) in [5.74, 6) is -0.0435. The fourth-order valence-electron chi connectivity index (χ4n) is 2.24. The number of rotatable bonds is 3. The second-order valence-corrected chi connectivity index (χ2v) is 6.94. The lowest BCUT2D eigenvalue weighted by Gasteiger charge is -2.34. The summed E-state index contributed by atoms with van der Waals surface area (Å²) in [5.41, 5.74) is 0.830. The van der Waals surface area contributed by atoms with Gasteiger partial charge in [-0.3, -0.25) is 4.79 Å². The summed E-state index contributed by atoms with van der Waals surface area (Å²) in [5, 5.41) is 7.00. The van der Waals surface area contributed by atoms with Crippen molar-refractivity contribution in [3.63, 3.8) is 0 Å². The Labute approximate surface area is 144 Å². The van der Waals surface area contributed by atoms with Gasteiger partial charge in [0, 0.05) is 15.7 Å². The van der Waals surface area contributed by atoms with Crippen molar-refractivity contribution in [1.82, 2.24) is 10.6 Å². The van der Waals surface area contributed by atoms with E-state index in [4.69, 9.17) is 11.6 Å². The van der Waals surface area contributed by atoms with Crippen molar-refractivity contribution in [3.05, 3.63) is 32.4 Å². The van der Waals surface area contributed by atoms with Crippen LogP contribution >= 0.6 is 46.6 Å². The Hall–Kier alpha value is -0.0400. The summed E-state index contributed by atoms with van der Waals surface area (Å²) in [4.78, 5) is 12.1. The van der Waals surface area contributed by atoms with Gasteiger partial charge in [0.15, 0.2) is 0 Å². The minimum absolute atomic E-state index is 0. The second kappa shape index (κ2) is 7.82. The first-order valence-corrected chi connectivity index (χ1v) is 7.90. The molecule has 2 rings (SSSR count). The van der Waals surface area contributed by atoms with Gasteiger partial charge >= 0.3 is 0 Å². The van der Waals surface area contributed by atoms with E-state index in [9.17, 15) is 4.79 Å². The standard InChI is InChI=1S/C14H18ClIN2O.ClH/c1-14(4-6-17-7-5-14)9-18-13(19)10-2-3-12(16)11(15)8-10;/h2-3,8,17H,4-7,9H2,1H3,(H,18,19);1H. The number of carbonyl (C=O) groups excluding carboxylic acids is 1. The van der Waals surface area contributed by atoms with E-state index < -0.39 is 0 Å². The normalized spacial score (nSPS) is 17.1. The van der Waals surface area contributed by atoms with Crippen molar-refractivity contribution >= 4 is 52.5 Å². The molecule has 0 radical (unpaired) electrons. The van der Waals surface area contributed by atoms with Crippen LogP contribution in [0.1, 0.15) is 30.1 Å². The van der Waals surface area contributed by atoms with Crippen LogP contribution in [0.5, 0.6) is 0 Å². The summed E-state index contributed by atoms with van der Waals surface area (Å²) < 4.78 is 0.959. The van der Waals surface area contributed by atoms with E-state index in [1.807, 2.05) is 12.1 Å². The Morgan fingerprint density at radius 2 is 2.10 bits per heavy atom. The fourth-order valence-corrected chi connectivity index (χ4v) is 2.76. The van der Waals surface area contributed by atoms with Crippen molar-refractivity contribution < 1.29 is 4.79 Å². The van der Waals surface area contributed by atoms with E-state index in [2.05, 4.69) is 40.1 Å². The van der Waals surface area contributed by atoms with Gasteiger partial charge in [-0.1, -0.05) is 18.5 Å². The molecule has 1 heterocycles. The summed E-state index contributed by atoms with van der Waals surface area (Å²) in [6.45, 7) is 5.01. The molecule has 0 aromatic heterocycles. The van der Waals surface area contributed by atoms with Crippen LogP contribution in [0.2, 0.25) is 5.02 Å². The highest BCUT2D eigenvalue weighted by Crippen LogP contribution is 2.27. The number of hydrogen-bond donors (Lipinski definition) is 2. The second-order valence-electron chi connectivity index (χ2n) is 5.37. The first-order chi connectivity index (χ1) is 9.00. The monoisotopic (exact) mass is 428 g/mol. The van der Waals surface area contributed by atoms with Gasteiger partial charge in [0.05, 0.1) is 5.02 Å². The Bertz CT molecular complexity index is 476.